The summed E-state index contributed by atoms with van der Waals surface area (Å²) < 4.78 is 0. The van der Waals surface area contributed by atoms with Gasteiger partial charge in [-0.15, -0.1) is 0 Å². The first-order valence-corrected chi connectivity index (χ1v) is 6.61. The zero-order valence-electron chi connectivity index (χ0n) is 11.8. The number of nitrogens with zero attached hydrogens (tertiary/aromatic N) is 1. The molecular weight excluding hydrogens is 250 g/mol. The molecule has 3 heteroatoms. The molecule has 0 bridgehead atoms. The molecule has 0 spiro atoms. The SMILES string of the molecule is Cc1cccc(CN(C)Cc2ccc(C(=O)O)cc2)c1. The van der Waals surface area contributed by atoms with Crippen LogP contribution in [-0.2, 0) is 13.1 Å². The van der Waals surface area contributed by atoms with Crippen molar-refractivity contribution in [3.05, 3.63) is 70.8 Å². The number of carboxylic acids is 1. The highest BCUT2D eigenvalue weighted by molar-refractivity contribution is 5.87. The predicted octanol–water partition coefficient (Wildman–Crippen LogP) is 3.33. The third-order valence-corrected chi connectivity index (χ3v) is 3.19. The maximum absolute atomic E-state index is 10.8. The lowest BCUT2D eigenvalue weighted by Gasteiger charge is -2.17. The van der Waals surface area contributed by atoms with Gasteiger partial charge in [0.25, 0.3) is 0 Å². The van der Waals surface area contributed by atoms with Crippen LogP contribution >= 0.6 is 0 Å². The molecule has 2 aromatic carbocycles. The Bertz CT molecular complexity index is 590. The van der Waals surface area contributed by atoms with E-state index in [2.05, 4.69) is 43.1 Å². The van der Waals surface area contributed by atoms with E-state index in [1.54, 1.807) is 12.1 Å². The van der Waals surface area contributed by atoms with E-state index in [9.17, 15) is 4.79 Å². The molecule has 0 aliphatic heterocycles. The molecule has 0 saturated carbocycles. The molecule has 0 radical (unpaired) electrons. The first-order chi connectivity index (χ1) is 9.54. The molecule has 20 heavy (non-hydrogen) atoms. The molecule has 0 fully saturated rings. The second kappa shape index (κ2) is 6.35. The van der Waals surface area contributed by atoms with Crippen LogP contribution in [0.1, 0.15) is 27.0 Å². The molecule has 0 unspecified atom stereocenters. The van der Waals surface area contributed by atoms with Crippen molar-refractivity contribution in [3.8, 4) is 0 Å². The summed E-state index contributed by atoms with van der Waals surface area (Å²) in [5.74, 6) is -0.885. The Morgan fingerprint density at radius 3 is 2.30 bits per heavy atom. The molecule has 0 saturated heterocycles. The van der Waals surface area contributed by atoms with Gasteiger partial charge in [0.2, 0.25) is 0 Å². The van der Waals surface area contributed by atoms with Gasteiger partial charge in [0, 0.05) is 13.1 Å². The van der Waals surface area contributed by atoms with Crippen molar-refractivity contribution in [1.82, 2.24) is 4.90 Å². The van der Waals surface area contributed by atoms with Gasteiger partial charge in [0.1, 0.15) is 0 Å². The molecule has 0 amide bonds. The monoisotopic (exact) mass is 269 g/mol. The first kappa shape index (κ1) is 14.3. The maximum atomic E-state index is 10.8. The van der Waals surface area contributed by atoms with Gasteiger partial charge in [-0.2, -0.15) is 0 Å². The second-order valence-corrected chi connectivity index (χ2v) is 5.16. The minimum atomic E-state index is -0.885. The number of rotatable bonds is 5. The molecule has 0 aromatic heterocycles. The molecule has 0 aliphatic rings. The minimum absolute atomic E-state index is 0.329. The van der Waals surface area contributed by atoms with Crippen LogP contribution in [0.3, 0.4) is 0 Å². The van der Waals surface area contributed by atoms with Crippen molar-refractivity contribution in [2.24, 2.45) is 0 Å². The Balaban J connectivity index is 1.97. The highest BCUT2D eigenvalue weighted by Gasteiger charge is 2.05. The fourth-order valence-electron chi connectivity index (χ4n) is 2.24. The Morgan fingerprint density at radius 1 is 1.05 bits per heavy atom. The third-order valence-electron chi connectivity index (χ3n) is 3.19. The highest BCUT2D eigenvalue weighted by atomic mass is 16.4. The van der Waals surface area contributed by atoms with Gasteiger partial charge >= 0.3 is 5.97 Å². The van der Waals surface area contributed by atoms with E-state index >= 15 is 0 Å². The van der Waals surface area contributed by atoms with Crippen LogP contribution < -0.4 is 0 Å². The van der Waals surface area contributed by atoms with Crippen molar-refractivity contribution in [2.45, 2.75) is 20.0 Å². The summed E-state index contributed by atoms with van der Waals surface area (Å²) in [6, 6.07) is 15.5. The average Bonchev–Trinajstić information content (AvgIpc) is 2.39. The number of hydrogen-bond donors (Lipinski definition) is 1. The summed E-state index contributed by atoms with van der Waals surface area (Å²) in [5, 5.41) is 8.87. The molecule has 3 nitrogen and oxygen atoms in total. The van der Waals surface area contributed by atoms with Crippen LogP contribution in [0.15, 0.2) is 48.5 Å². The van der Waals surface area contributed by atoms with E-state index in [4.69, 9.17) is 5.11 Å². The Morgan fingerprint density at radius 2 is 1.70 bits per heavy atom. The van der Waals surface area contributed by atoms with Crippen molar-refractivity contribution in [1.29, 1.82) is 0 Å². The van der Waals surface area contributed by atoms with Gasteiger partial charge in [-0.1, -0.05) is 42.0 Å². The molecule has 104 valence electrons. The number of hydrogen-bond acceptors (Lipinski definition) is 2. The Labute approximate surface area is 119 Å². The lowest BCUT2D eigenvalue weighted by molar-refractivity contribution is 0.0697. The number of aromatic carboxylic acids is 1. The van der Waals surface area contributed by atoms with E-state index < -0.39 is 5.97 Å². The van der Waals surface area contributed by atoms with Crippen LogP contribution in [-0.4, -0.2) is 23.0 Å². The quantitative estimate of drug-likeness (QED) is 0.905. The Hall–Kier alpha value is -2.13. The van der Waals surface area contributed by atoms with E-state index in [-0.39, 0.29) is 0 Å². The summed E-state index contributed by atoms with van der Waals surface area (Å²) in [6.07, 6.45) is 0. The number of carboxylic acid groups (broad SMARTS) is 1. The predicted molar refractivity (Wildman–Crippen MR) is 79.8 cm³/mol. The largest absolute Gasteiger partial charge is 0.478 e. The lowest BCUT2D eigenvalue weighted by Crippen LogP contribution is -2.17. The van der Waals surface area contributed by atoms with Crippen LogP contribution in [0.25, 0.3) is 0 Å². The van der Waals surface area contributed by atoms with Gasteiger partial charge in [-0.3, -0.25) is 4.90 Å². The molecule has 0 atom stereocenters. The van der Waals surface area contributed by atoms with E-state index in [1.165, 1.54) is 11.1 Å². The van der Waals surface area contributed by atoms with Crippen LogP contribution in [0.5, 0.6) is 0 Å². The van der Waals surface area contributed by atoms with E-state index in [1.807, 2.05) is 12.1 Å². The zero-order chi connectivity index (χ0) is 14.5. The smallest absolute Gasteiger partial charge is 0.335 e. The summed E-state index contributed by atoms with van der Waals surface area (Å²) in [4.78, 5) is 13.0. The zero-order valence-corrected chi connectivity index (χ0v) is 11.8. The number of carbonyl (C=O) groups is 1. The molecule has 2 aromatic rings. The van der Waals surface area contributed by atoms with E-state index in [0.29, 0.717) is 5.56 Å². The van der Waals surface area contributed by atoms with Crippen molar-refractivity contribution in [3.63, 3.8) is 0 Å². The topological polar surface area (TPSA) is 40.5 Å². The van der Waals surface area contributed by atoms with Crippen molar-refractivity contribution in [2.75, 3.05) is 7.05 Å². The number of aryl methyl sites for hydroxylation is 1. The van der Waals surface area contributed by atoms with Gasteiger partial charge in [0.05, 0.1) is 5.56 Å². The summed E-state index contributed by atoms with van der Waals surface area (Å²) in [7, 11) is 2.06. The van der Waals surface area contributed by atoms with Gasteiger partial charge < -0.3 is 5.11 Å². The van der Waals surface area contributed by atoms with E-state index in [0.717, 1.165) is 18.7 Å². The fraction of sp³-hybridized carbons (Fsp3) is 0.235. The highest BCUT2D eigenvalue weighted by Crippen LogP contribution is 2.11. The van der Waals surface area contributed by atoms with Crippen LogP contribution in [0, 0.1) is 6.92 Å². The maximum Gasteiger partial charge on any atom is 0.335 e. The molecular formula is C17H19NO2. The third kappa shape index (κ3) is 3.93. The van der Waals surface area contributed by atoms with Crippen molar-refractivity contribution < 1.29 is 9.90 Å². The minimum Gasteiger partial charge on any atom is -0.478 e. The summed E-state index contributed by atoms with van der Waals surface area (Å²) >= 11 is 0. The first-order valence-electron chi connectivity index (χ1n) is 6.61. The molecule has 0 heterocycles. The average molecular weight is 269 g/mol. The van der Waals surface area contributed by atoms with Gasteiger partial charge in [0.15, 0.2) is 0 Å². The molecule has 1 N–H and O–H groups in total. The van der Waals surface area contributed by atoms with Crippen LogP contribution in [0.2, 0.25) is 0 Å². The van der Waals surface area contributed by atoms with Crippen molar-refractivity contribution >= 4 is 5.97 Å². The normalized spacial score (nSPS) is 10.8. The molecule has 2 rings (SSSR count). The summed E-state index contributed by atoms with van der Waals surface area (Å²) in [5.41, 5.74) is 4.00. The fourth-order valence-corrected chi connectivity index (χ4v) is 2.24. The standard InChI is InChI=1S/C17H19NO2/c1-13-4-3-5-15(10-13)12-18(2)11-14-6-8-16(9-7-14)17(19)20/h3-10H,11-12H2,1-2H3,(H,19,20). The second-order valence-electron chi connectivity index (χ2n) is 5.16. The molecule has 0 aliphatic carbocycles. The summed E-state index contributed by atoms with van der Waals surface area (Å²) in [6.45, 7) is 3.77. The lowest BCUT2D eigenvalue weighted by atomic mass is 10.1. The van der Waals surface area contributed by atoms with Crippen LogP contribution in [0.4, 0.5) is 0 Å². The number of benzene rings is 2. The Kier molecular flexibility index (Phi) is 4.53. The van der Waals surface area contributed by atoms with Gasteiger partial charge in [-0.25, -0.2) is 4.79 Å². The van der Waals surface area contributed by atoms with Gasteiger partial charge in [-0.05, 0) is 37.2 Å².